The fraction of sp³-hybridized carbons (Fsp3) is 0. The van der Waals surface area contributed by atoms with Crippen LogP contribution in [-0.4, -0.2) is 15.7 Å². The van der Waals surface area contributed by atoms with E-state index in [2.05, 4.69) is 27.1 Å². The van der Waals surface area contributed by atoms with Gasteiger partial charge >= 0.3 is 0 Å². The molecular formula is C11H8BrN5O. The first-order chi connectivity index (χ1) is 8.54. The average Bonchev–Trinajstić information content (AvgIpc) is 2.71. The van der Waals surface area contributed by atoms with Crippen molar-refractivity contribution in [2.24, 2.45) is 5.73 Å². The van der Waals surface area contributed by atoms with Crippen LogP contribution in [0.2, 0.25) is 0 Å². The molecule has 0 fully saturated rings. The van der Waals surface area contributed by atoms with Crippen molar-refractivity contribution >= 4 is 27.5 Å². The standard InChI is InChI=1S/C11H8BrN5O/c12-7-2-1-3-9(6(7)4-13)17-5-8(14)10(16-17)11(15)18/h1-3,5H,14H2,(H2,15,18). The van der Waals surface area contributed by atoms with Gasteiger partial charge in [0, 0.05) is 4.47 Å². The van der Waals surface area contributed by atoms with E-state index in [1.54, 1.807) is 18.2 Å². The molecule has 2 aromatic rings. The van der Waals surface area contributed by atoms with Crippen LogP contribution in [0.25, 0.3) is 5.69 Å². The predicted octanol–water partition coefficient (Wildman–Crippen LogP) is 1.19. The summed E-state index contributed by atoms with van der Waals surface area (Å²) in [6.07, 6.45) is 1.45. The number of rotatable bonds is 2. The van der Waals surface area contributed by atoms with E-state index in [0.717, 1.165) is 0 Å². The van der Waals surface area contributed by atoms with E-state index in [-0.39, 0.29) is 11.4 Å². The van der Waals surface area contributed by atoms with Crippen LogP contribution in [0.5, 0.6) is 0 Å². The van der Waals surface area contributed by atoms with Crippen molar-refractivity contribution in [3.8, 4) is 11.8 Å². The van der Waals surface area contributed by atoms with E-state index >= 15 is 0 Å². The highest BCUT2D eigenvalue weighted by Crippen LogP contribution is 2.23. The largest absolute Gasteiger partial charge is 0.396 e. The molecule has 6 nitrogen and oxygen atoms in total. The molecular weight excluding hydrogens is 298 g/mol. The van der Waals surface area contributed by atoms with Crippen molar-refractivity contribution in [3.63, 3.8) is 0 Å². The minimum absolute atomic E-state index is 0.0149. The molecule has 1 aromatic carbocycles. The number of nitrogens with zero attached hydrogens (tertiary/aromatic N) is 3. The molecule has 0 unspecified atom stereocenters. The lowest BCUT2D eigenvalue weighted by molar-refractivity contribution is 0.0996. The second-order valence-corrected chi connectivity index (χ2v) is 4.34. The molecule has 0 radical (unpaired) electrons. The van der Waals surface area contributed by atoms with E-state index < -0.39 is 5.91 Å². The smallest absolute Gasteiger partial charge is 0.271 e. The fourth-order valence-corrected chi connectivity index (χ4v) is 1.96. The zero-order valence-corrected chi connectivity index (χ0v) is 10.7. The number of primary amides is 1. The summed E-state index contributed by atoms with van der Waals surface area (Å²) in [5.41, 5.74) is 11.8. The molecule has 1 amide bonds. The van der Waals surface area contributed by atoms with Crippen molar-refractivity contribution in [2.45, 2.75) is 0 Å². The summed E-state index contributed by atoms with van der Waals surface area (Å²) in [4.78, 5) is 11.1. The number of nitriles is 1. The molecule has 1 heterocycles. The zero-order valence-electron chi connectivity index (χ0n) is 9.09. The van der Waals surface area contributed by atoms with Gasteiger partial charge in [0.25, 0.3) is 5.91 Å². The highest BCUT2D eigenvalue weighted by atomic mass is 79.9. The second-order valence-electron chi connectivity index (χ2n) is 3.49. The maximum Gasteiger partial charge on any atom is 0.271 e. The summed E-state index contributed by atoms with van der Waals surface area (Å²) in [5.74, 6) is -0.709. The number of hydrogen-bond donors (Lipinski definition) is 2. The maximum absolute atomic E-state index is 11.1. The number of nitrogen functional groups attached to an aromatic ring is 1. The Balaban J connectivity index is 2.64. The molecule has 0 saturated carbocycles. The minimum Gasteiger partial charge on any atom is -0.396 e. The van der Waals surface area contributed by atoms with Gasteiger partial charge in [-0.1, -0.05) is 6.07 Å². The van der Waals surface area contributed by atoms with Crippen LogP contribution in [0.15, 0.2) is 28.9 Å². The Morgan fingerprint density at radius 1 is 1.50 bits per heavy atom. The monoisotopic (exact) mass is 305 g/mol. The number of amides is 1. The van der Waals surface area contributed by atoms with Gasteiger partial charge in [0.15, 0.2) is 5.69 Å². The number of carbonyl (C=O) groups excluding carboxylic acids is 1. The first-order valence-corrected chi connectivity index (χ1v) is 5.68. The Morgan fingerprint density at radius 3 is 2.78 bits per heavy atom. The molecule has 0 aliphatic heterocycles. The summed E-state index contributed by atoms with van der Waals surface area (Å²) in [5, 5.41) is 13.1. The quantitative estimate of drug-likeness (QED) is 0.868. The molecule has 0 saturated heterocycles. The van der Waals surface area contributed by atoms with Crippen LogP contribution in [0.4, 0.5) is 5.69 Å². The first-order valence-electron chi connectivity index (χ1n) is 4.88. The average molecular weight is 306 g/mol. The first kappa shape index (κ1) is 12.1. The molecule has 2 rings (SSSR count). The topological polar surface area (TPSA) is 111 Å². The maximum atomic E-state index is 11.1. The Labute approximate surface area is 111 Å². The lowest BCUT2D eigenvalue weighted by Gasteiger charge is -2.04. The van der Waals surface area contributed by atoms with Crippen molar-refractivity contribution in [1.29, 1.82) is 5.26 Å². The van der Waals surface area contributed by atoms with E-state index in [4.69, 9.17) is 16.7 Å². The summed E-state index contributed by atoms with van der Waals surface area (Å²) in [6.45, 7) is 0. The van der Waals surface area contributed by atoms with Crippen molar-refractivity contribution in [2.75, 3.05) is 5.73 Å². The third kappa shape index (κ3) is 1.94. The molecule has 4 N–H and O–H groups in total. The number of carbonyl (C=O) groups is 1. The third-order valence-corrected chi connectivity index (χ3v) is 2.99. The van der Waals surface area contributed by atoms with Gasteiger partial charge in [-0.25, -0.2) is 4.68 Å². The Kier molecular flexibility index (Phi) is 3.04. The zero-order chi connectivity index (χ0) is 13.3. The number of nitrogens with two attached hydrogens (primary N) is 2. The van der Waals surface area contributed by atoms with E-state index in [9.17, 15) is 4.79 Å². The van der Waals surface area contributed by atoms with Gasteiger partial charge in [0.05, 0.1) is 23.1 Å². The SMILES string of the molecule is N#Cc1c(Br)cccc1-n1cc(N)c(C(N)=O)n1. The van der Waals surface area contributed by atoms with Gasteiger partial charge in [-0.3, -0.25) is 4.79 Å². The Morgan fingerprint density at radius 2 is 2.22 bits per heavy atom. The van der Waals surface area contributed by atoms with Gasteiger partial charge in [0.2, 0.25) is 0 Å². The molecule has 7 heteroatoms. The summed E-state index contributed by atoms with van der Waals surface area (Å²) >= 11 is 3.27. The van der Waals surface area contributed by atoms with Gasteiger partial charge in [-0.15, -0.1) is 0 Å². The van der Waals surface area contributed by atoms with Crippen LogP contribution >= 0.6 is 15.9 Å². The van der Waals surface area contributed by atoms with Crippen molar-refractivity contribution in [3.05, 3.63) is 40.1 Å². The highest BCUT2D eigenvalue weighted by molar-refractivity contribution is 9.10. The molecule has 1 aromatic heterocycles. The van der Waals surface area contributed by atoms with E-state index in [1.165, 1.54) is 10.9 Å². The summed E-state index contributed by atoms with van der Waals surface area (Å²) < 4.78 is 2.00. The molecule has 0 aliphatic rings. The van der Waals surface area contributed by atoms with Crippen LogP contribution in [0.3, 0.4) is 0 Å². The van der Waals surface area contributed by atoms with Gasteiger partial charge < -0.3 is 11.5 Å². The number of halogens is 1. The van der Waals surface area contributed by atoms with E-state index in [1.807, 2.05) is 0 Å². The molecule has 90 valence electrons. The van der Waals surface area contributed by atoms with Gasteiger partial charge in [-0.05, 0) is 28.1 Å². The predicted molar refractivity (Wildman–Crippen MR) is 68.9 cm³/mol. The number of hydrogen-bond acceptors (Lipinski definition) is 4. The number of aromatic nitrogens is 2. The Hall–Kier alpha value is -2.33. The normalized spacial score (nSPS) is 10.0. The Bertz CT molecular complexity index is 671. The van der Waals surface area contributed by atoms with Gasteiger partial charge in [-0.2, -0.15) is 10.4 Å². The van der Waals surface area contributed by atoms with Crippen molar-refractivity contribution < 1.29 is 4.79 Å². The van der Waals surface area contributed by atoms with Crippen LogP contribution < -0.4 is 11.5 Å². The fourth-order valence-electron chi connectivity index (χ4n) is 1.52. The molecule has 0 aliphatic carbocycles. The minimum atomic E-state index is -0.709. The van der Waals surface area contributed by atoms with Gasteiger partial charge in [0.1, 0.15) is 6.07 Å². The highest BCUT2D eigenvalue weighted by Gasteiger charge is 2.15. The molecule has 0 bridgehead atoms. The third-order valence-electron chi connectivity index (χ3n) is 2.33. The van der Waals surface area contributed by atoms with Crippen LogP contribution in [0, 0.1) is 11.3 Å². The lowest BCUT2D eigenvalue weighted by atomic mass is 10.2. The summed E-state index contributed by atoms with van der Waals surface area (Å²) in [7, 11) is 0. The van der Waals surface area contributed by atoms with Crippen molar-refractivity contribution in [1.82, 2.24) is 9.78 Å². The number of anilines is 1. The molecule has 0 atom stereocenters. The second kappa shape index (κ2) is 4.50. The summed E-state index contributed by atoms with van der Waals surface area (Å²) in [6, 6.07) is 7.24. The molecule has 18 heavy (non-hydrogen) atoms. The van der Waals surface area contributed by atoms with Crippen LogP contribution in [0.1, 0.15) is 16.1 Å². The van der Waals surface area contributed by atoms with Crippen LogP contribution in [-0.2, 0) is 0 Å². The lowest BCUT2D eigenvalue weighted by Crippen LogP contribution is -2.14. The number of benzene rings is 1. The van der Waals surface area contributed by atoms with E-state index in [0.29, 0.717) is 15.7 Å². The molecule has 0 spiro atoms.